The Bertz CT molecular complexity index is 884. The molecule has 6 nitrogen and oxygen atoms in total. The molecule has 27 heavy (non-hydrogen) atoms. The maximum Gasteiger partial charge on any atom is 0.240 e. The number of carbonyl (C=O) groups is 2. The molecule has 1 heterocycles. The number of benzene rings is 2. The number of rotatable bonds is 5. The van der Waals surface area contributed by atoms with Gasteiger partial charge in [0.1, 0.15) is 5.25 Å². The van der Waals surface area contributed by atoms with Gasteiger partial charge in [0, 0.05) is 36.9 Å². The Morgan fingerprint density at radius 2 is 2.00 bits per heavy atom. The van der Waals surface area contributed by atoms with Crippen LogP contribution in [0.3, 0.4) is 0 Å². The van der Waals surface area contributed by atoms with Crippen LogP contribution in [0.2, 0.25) is 5.02 Å². The lowest BCUT2D eigenvalue weighted by atomic mass is 10.2. The molecule has 8 heteroatoms. The van der Waals surface area contributed by atoms with Gasteiger partial charge in [-0.2, -0.15) is 0 Å². The first-order chi connectivity index (χ1) is 12.9. The molecule has 1 saturated heterocycles. The molecule has 2 N–H and O–H groups in total. The van der Waals surface area contributed by atoms with Crippen LogP contribution in [0, 0.1) is 0 Å². The summed E-state index contributed by atoms with van der Waals surface area (Å²) in [6.45, 7) is 0. The smallest absolute Gasteiger partial charge is 0.240 e. The minimum atomic E-state index is -0.510. The van der Waals surface area contributed by atoms with E-state index in [9.17, 15) is 9.59 Å². The maximum absolute atomic E-state index is 12.2. The predicted molar refractivity (Wildman–Crippen MR) is 112 cm³/mol. The van der Waals surface area contributed by atoms with Gasteiger partial charge in [-0.05, 0) is 42.5 Å². The average Bonchev–Trinajstić information content (AvgIpc) is 2.94. The Labute approximate surface area is 167 Å². The molecule has 140 valence electrons. The standard InChI is InChI=1S/C19H19ClN4O2S/c1-24(2)15-8-6-13(7-9-15)22-19-23-18(26)16(27-19)11-17(25)21-14-5-3-4-12(20)10-14/h3-10,16H,11H2,1-2H3,(H,21,25)(H,22,23,26). The summed E-state index contributed by atoms with van der Waals surface area (Å²) in [5.41, 5.74) is 2.41. The normalized spacial score (nSPS) is 17.7. The quantitative estimate of drug-likeness (QED) is 0.800. The van der Waals surface area contributed by atoms with E-state index < -0.39 is 5.25 Å². The predicted octanol–water partition coefficient (Wildman–Crippen LogP) is 3.65. The van der Waals surface area contributed by atoms with Gasteiger partial charge in [0.25, 0.3) is 0 Å². The van der Waals surface area contributed by atoms with Gasteiger partial charge in [0.2, 0.25) is 11.8 Å². The molecule has 1 aliphatic heterocycles. The molecule has 3 rings (SSSR count). The highest BCUT2D eigenvalue weighted by molar-refractivity contribution is 8.15. The largest absolute Gasteiger partial charge is 0.378 e. The lowest BCUT2D eigenvalue weighted by molar-refractivity contribution is -0.122. The van der Waals surface area contributed by atoms with Crippen molar-refractivity contribution >= 4 is 57.4 Å². The van der Waals surface area contributed by atoms with Gasteiger partial charge in [-0.1, -0.05) is 29.4 Å². The summed E-state index contributed by atoms with van der Waals surface area (Å²) in [6, 6.07) is 14.6. The fourth-order valence-electron chi connectivity index (χ4n) is 2.48. The molecule has 0 bridgehead atoms. The van der Waals surface area contributed by atoms with Crippen LogP contribution in [-0.2, 0) is 9.59 Å². The lowest BCUT2D eigenvalue weighted by Gasteiger charge is -2.11. The van der Waals surface area contributed by atoms with Crippen LogP contribution in [0.4, 0.5) is 17.1 Å². The monoisotopic (exact) mass is 402 g/mol. The summed E-state index contributed by atoms with van der Waals surface area (Å²) in [7, 11) is 3.93. The van der Waals surface area contributed by atoms with E-state index in [0.29, 0.717) is 15.9 Å². The summed E-state index contributed by atoms with van der Waals surface area (Å²) in [4.78, 5) is 30.8. The zero-order valence-electron chi connectivity index (χ0n) is 14.9. The number of aliphatic imine (C=N–C) groups is 1. The Morgan fingerprint density at radius 1 is 1.26 bits per heavy atom. The van der Waals surface area contributed by atoms with Crippen LogP contribution < -0.4 is 15.5 Å². The molecule has 0 aliphatic carbocycles. The van der Waals surface area contributed by atoms with Gasteiger partial charge in [-0.3, -0.25) is 9.59 Å². The highest BCUT2D eigenvalue weighted by atomic mass is 35.5. The van der Waals surface area contributed by atoms with E-state index in [2.05, 4.69) is 15.6 Å². The Morgan fingerprint density at radius 3 is 2.67 bits per heavy atom. The van der Waals surface area contributed by atoms with Crippen LogP contribution in [-0.4, -0.2) is 36.3 Å². The van der Waals surface area contributed by atoms with E-state index in [-0.39, 0.29) is 18.2 Å². The highest BCUT2D eigenvalue weighted by Crippen LogP contribution is 2.26. The first kappa shape index (κ1) is 19.3. The van der Waals surface area contributed by atoms with Crippen molar-refractivity contribution in [2.45, 2.75) is 11.7 Å². The SMILES string of the molecule is CN(C)c1ccc(N=C2NC(=O)C(CC(=O)Nc3cccc(Cl)c3)S2)cc1. The van der Waals surface area contributed by atoms with Gasteiger partial charge in [-0.15, -0.1) is 0 Å². The Kier molecular flexibility index (Phi) is 6.03. The second-order valence-electron chi connectivity index (χ2n) is 6.19. The molecule has 0 spiro atoms. The van der Waals surface area contributed by atoms with Gasteiger partial charge in [-0.25, -0.2) is 4.99 Å². The number of nitrogens with zero attached hydrogens (tertiary/aromatic N) is 2. The summed E-state index contributed by atoms with van der Waals surface area (Å²) in [6.07, 6.45) is 0.0571. The molecule has 2 aromatic carbocycles. The number of anilines is 2. The molecule has 1 atom stereocenters. The van der Waals surface area contributed by atoms with Gasteiger partial charge in [0.15, 0.2) is 5.17 Å². The van der Waals surface area contributed by atoms with Crippen molar-refractivity contribution < 1.29 is 9.59 Å². The van der Waals surface area contributed by atoms with E-state index in [4.69, 9.17) is 11.6 Å². The molecule has 1 aliphatic rings. The number of amidine groups is 1. The number of thioether (sulfide) groups is 1. The van der Waals surface area contributed by atoms with E-state index in [0.717, 1.165) is 11.4 Å². The molecular formula is C19H19ClN4O2S. The van der Waals surface area contributed by atoms with Gasteiger partial charge >= 0.3 is 0 Å². The van der Waals surface area contributed by atoms with E-state index in [1.54, 1.807) is 24.3 Å². The summed E-state index contributed by atoms with van der Waals surface area (Å²) < 4.78 is 0. The Balaban J connectivity index is 1.60. The van der Waals surface area contributed by atoms with Crippen LogP contribution in [0.25, 0.3) is 0 Å². The van der Waals surface area contributed by atoms with Crippen molar-refractivity contribution in [2.24, 2.45) is 4.99 Å². The van der Waals surface area contributed by atoms with Crippen molar-refractivity contribution in [1.82, 2.24) is 5.32 Å². The second-order valence-corrected chi connectivity index (χ2v) is 7.81. The minimum Gasteiger partial charge on any atom is -0.378 e. The first-order valence-electron chi connectivity index (χ1n) is 8.30. The number of halogens is 1. The van der Waals surface area contributed by atoms with Crippen molar-refractivity contribution in [1.29, 1.82) is 0 Å². The number of amides is 2. The van der Waals surface area contributed by atoms with Crippen LogP contribution in [0.15, 0.2) is 53.5 Å². The van der Waals surface area contributed by atoms with Crippen LogP contribution in [0.5, 0.6) is 0 Å². The molecule has 2 amide bonds. The molecule has 0 aromatic heterocycles. The third kappa shape index (κ3) is 5.24. The van der Waals surface area contributed by atoms with E-state index in [1.807, 2.05) is 43.3 Å². The Hall–Kier alpha value is -2.51. The minimum absolute atomic E-state index is 0.0571. The maximum atomic E-state index is 12.2. The van der Waals surface area contributed by atoms with Crippen molar-refractivity contribution in [3.05, 3.63) is 53.6 Å². The molecule has 1 unspecified atom stereocenters. The molecular weight excluding hydrogens is 384 g/mol. The van der Waals surface area contributed by atoms with E-state index in [1.165, 1.54) is 11.8 Å². The lowest BCUT2D eigenvalue weighted by Crippen LogP contribution is -2.28. The molecule has 2 aromatic rings. The molecule has 0 saturated carbocycles. The zero-order chi connectivity index (χ0) is 19.4. The number of nitrogens with one attached hydrogen (secondary N) is 2. The van der Waals surface area contributed by atoms with E-state index >= 15 is 0 Å². The third-order valence-corrected chi connectivity index (χ3v) is 5.17. The van der Waals surface area contributed by atoms with Gasteiger partial charge < -0.3 is 15.5 Å². The van der Waals surface area contributed by atoms with Crippen molar-refractivity contribution in [3.8, 4) is 0 Å². The summed E-state index contributed by atoms with van der Waals surface area (Å²) >= 11 is 7.17. The van der Waals surface area contributed by atoms with Crippen LogP contribution >= 0.6 is 23.4 Å². The van der Waals surface area contributed by atoms with Crippen molar-refractivity contribution in [2.75, 3.05) is 24.3 Å². The van der Waals surface area contributed by atoms with Crippen molar-refractivity contribution in [3.63, 3.8) is 0 Å². The fraction of sp³-hybridized carbons (Fsp3) is 0.211. The third-order valence-electron chi connectivity index (χ3n) is 3.85. The number of hydrogen-bond acceptors (Lipinski definition) is 5. The highest BCUT2D eigenvalue weighted by Gasteiger charge is 2.32. The fourth-order valence-corrected chi connectivity index (χ4v) is 3.66. The first-order valence-corrected chi connectivity index (χ1v) is 9.55. The summed E-state index contributed by atoms with van der Waals surface area (Å²) in [5.74, 6) is -0.466. The molecule has 0 radical (unpaired) electrons. The number of hydrogen-bond donors (Lipinski definition) is 2. The van der Waals surface area contributed by atoms with Gasteiger partial charge in [0.05, 0.1) is 5.69 Å². The van der Waals surface area contributed by atoms with Crippen LogP contribution in [0.1, 0.15) is 6.42 Å². The average molecular weight is 403 g/mol. The second kappa shape index (κ2) is 8.45. The summed E-state index contributed by atoms with van der Waals surface area (Å²) in [5, 5.41) is 6.01. The topological polar surface area (TPSA) is 73.8 Å². The number of carbonyl (C=O) groups excluding carboxylic acids is 2. The zero-order valence-corrected chi connectivity index (χ0v) is 16.5. The molecule has 1 fully saturated rings.